The van der Waals surface area contributed by atoms with Crippen LogP contribution >= 0.6 is 0 Å². The fourth-order valence-corrected chi connectivity index (χ4v) is 3.42. The summed E-state index contributed by atoms with van der Waals surface area (Å²) in [5.41, 5.74) is 1.78. The molecule has 0 saturated carbocycles. The first-order chi connectivity index (χ1) is 9.24. The van der Waals surface area contributed by atoms with Crippen LogP contribution in [-0.2, 0) is 0 Å². The monoisotopic (exact) mass is 262 g/mol. The maximum Gasteiger partial charge on any atom is 0.146 e. The van der Waals surface area contributed by atoms with E-state index in [4.69, 9.17) is 0 Å². The molecule has 2 nitrogen and oxygen atoms in total. The van der Waals surface area contributed by atoms with Crippen molar-refractivity contribution in [3.63, 3.8) is 0 Å². The van der Waals surface area contributed by atoms with Crippen LogP contribution in [-0.4, -0.2) is 37.1 Å². The van der Waals surface area contributed by atoms with Crippen LogP contribution in [0.25, 0.3) is 0 Å². The summed E-state index contributed by atoms with van der Waals surface area (Å²) in [6.07, 6.45) is 5.27. The Labute approximate surface area is 115 Å². The Morgan fingerprint density at radius 3 is 2.84 bits per heavy atom. The summed E-state index contributed by atoms with van der Waals surface area (Å²) in [5, 5.41) is 0. The van der Waals surface area contributed by atoms with Crippen LogP contribution in [0.3, 0.4) is 0 Å². The molecule has 104 valence electrons. The molecule has 0 radical (unpaired) electrons. The fraction of sp³-hybridized carbons (Fsp3) is 0.625. The number of anilines is 1. The first-order valence-electron chi connectivity index (χ1n) is 7.49. The number of rotatable bonds is 1. The van der Waals surface area contributed by atoms with Gasteiger partial charge in [0.15, 0.2) is 0 Å². The molecule has 2 heterocycles. The predicted octanol–water partition coefficient (Wildman–Crippen LogP) is 3.20. The van der Waals surface area contributed by atoms with Crippen LogP contribution in [0.15, 0.2) is 18.2 Å². The van der Waals surface area contributed by atoms with Gasteiger partial charge in [0, 0.05) is 25.7 Å². The van der Waals surface area contributed by atoms with Gasteiger partial charge in [-0.25, -0.2) is 4.39 Å². The SMILES string of the molecule is Cc1ccc(N2CCN3CCCCCC3C2)c(F)c1. The summed E-state index contributed by atoms with van der Waals surface area (Å²) in [6, 6.07) is 6.22. The molecule has 2 fully saturated rings. The number of benzene rings is 1. The number of nitrogens with zero attached hydrogens (tertiary/aromatic N) is 2. The lowest BCUT2D eigenvalue weighted by Crippen LogP contribution is -2.53. The summed E-state index contributed by atoms with van der Waals surface area (Å²) in [4.78, 5) is 4.84. The lowest BCUT2D eigenvalue weighted by atomic mass is 10.1. The number of halogens is 1. The Morgan fingerprint density at radius 1 is 1.11 bits per heavy atom. The number of aryl methyl sites for hydroxylation is 1. The van der Waals surface area contributed by atoms with E-state index in [1.165, 1.54) is 32.2 Å². The van der Waals surface area contributed by atoms with E-state index in [0.717, 1.165) is 30.9 Å². The van der Waals surface area contributed by atoms with Gasteiger partial charge < -0.3 is 4.90 Å². The lowest BCUT2D eigenvalue weighted by molar-refractivity contribution is 0.180. The molecule has 0 aliphatic carbocycles. The second-order valence-electron chi connectivity index (χ2n) is 5.94. The van der Waals surface area contributed by atoms with Gasteiger partial charge in [-0.1, -0.05) is 18.9 Å². The van der Waals surface area contributed by atoms with Crippen molar-refractivity contribution in [3.05, 3.63) is 29.6 Å². The highest BCUT2D eigenvalue weighted by molar-refractivity contribution is 5.49. The van der Waals surface area contributed by atoms with Crippen molar-refractivity contribution in [2.24, 2.45) is 0 Å². The lowest BCUT2D eigenvalue weighted by Gasteiger charge is -2.41. The summed E-state index contributed by atoms with van der Waals surface area (Å²) >= 11 is 0. The highest BCUT2D eigenvalue weighted by Crippen LogP contribution is 2.26. The number of hydrogen-bond acceptors (Lipinski definition) is 2. The van der Waals surface area contributed by atoms with Crippen molar-refractivity contribution < 1.29 is 4.39 Å². The largest absolute Gasteiger partial charge is 0.366 e. The van der Waals surface area contributed by atoms with Gasteiger partial charge in [0.25, 0.3) is 0 Å². The van der Waals surface area contributed by atoms with Crippen LogP contribution < -0.4 is 4.90 Å². The van der Waals surface area contributed by atoms with E-state index in [2.05, 4.69) is 9.80 Å². The fourth-order valence-electron chi connectivity index (χ4n) is 3.42. The van der Waals surface area contributed by atoms with E-state index in [9.17, 15) is 4.39 Å². The zero-order valence-corrected chi connectivity index (χ0v) is 11.7. The quantitative estimate of drug-likeness (QED) is 0.767. The molecular formula is C16H23FN2. The highest BCUT2D eigenvalue weighted by atomic mass is 19.1. The summed E-state index contributed by atoms with van der Waals surface area (Å²) in [6.45, 7) is 6.19. The van der Waals surface area contributed by atoms with Gasteiger partial charge in [0.2, 0.25) is 0 Å². The molecule has 0 N–H and O–H groups in total. The Morgan fingerprint density at radius 2 is 2.00 bits per heavy atom. The third kappa shape index (κ3) is 2.76. The van der Waals surface area contributed by atoms with Crippen molar-refractivity contribution in [2.75, 3.05) is 31.1 Å². The van der Waals surface area contributed by atoms with Crippen molar-refractivity contribution >= 4 is 5.69 Å². The molecule has 1 aromatic rings. The van der Waals surface area contributed by atoms with Gasteiger partial charge in [-0.2, -0.15) is 0 Å². The molecule has 19 heavy (non-hydrogen) atoms. The summed E-state index contributed by atoms with van der Waals surface area (Å²) in [7, 11) is 0. The van der Waals surface area contributed by atoms with Crippen LogP contribution in [0.5, 0.6) is 0 Å². The van der Waals surface area contributed by atoms with Crippen LogP contribution in [0, 0.1) is 12.7 Å². The Balaban J connectivity index is 1.76. The van der Waals surface area contributed by atoms with Gasteiger partial charge >= 0.3 is 0 Å². The first kappa shape index (κ1) is 12.9. The molecule has 0 aromatic heterocycles. The smallest absolute Gasteiger partial charge is 0.146 e. The second kappa shape index (κ2) is 5.49. The summed E-state index contributed by atoms with van der Waals surface area (Å²) in [5.74, 6) is -0.0675. The third-order valence-corrected chi connectivity index (χ3v) is 4.53. The molecule has 2 aliphatic heterocycles. The molecule has 2 aliphatic rings. The average Bonchev–Trinajstić information content (AvgIpc) is 2.63. The molecular weight excluding hydrogens is 239 g/mol. The number of fused-ring (bicyclic) bond motifs is 1. The molecule has 3 rings (SSSR count). The van der Waals surface area contributed by atoms with E-state index in [0.29, 0.717) is 6.04 Å². The van der Waals surface area contributed by atoms with E-state index in [1.54, 1.807) is 6.07 Å². The third-order valence-electron chi connectivity index (χ3n) is 4.53. The zero-order valence-electron chi connectivity index (χ0n) is 11.7. The summed E-state index contributed by atoms with van der Waals surface area (Å²) < 4.78 is 14.1. The number of piperazine rings is 1. The van der Waals surface area contributed by atoms with Crippen LogP contribution in [0.2, 0.25) is 0 Å². The van der Waals surface area contributed by atoms with Crippen molar-refractivity contribution in [2.45, 2.75) is 38.6 Å². The van der Waals surface area contributed by atoms with E-state index < -0.39 is 0 Å². The Bertz CT molecular complexity index is 446. The molecule has 0 spiro atoms. The molecule has 1 unspecified atom stereocenters. The van der Waals surface area contributed by atoms with E-state index in [1.807, 2.05) is 19.1 Å². The minimum atomic E-state index is -0.0675. The highest BCUT2D eigenvalue weighted by Gasteiger charge is 2.28. The molecule has 0 bridgehead atoms. The van der Waals surface area contributed by atoms with Gasteiger partial charge in [0.05, 0.1) is 5.69 Å². The maximum atomic E-state index is 14.1. The van der Waals surface area contributed by atoms with Gasteiger partial charge in [-0.05, 0) is 44.0 Å². The minimum absolute atomic E-state index is 0.0675. The Kier molecular flexibility index (Phi) is 3.74. The van der Waals surface area contributed by atoms with Crippen molar-refractivity contribution in [1.82, 2.24) is 4.90 Å². The van der Waals surface area contributed by atoms with Crippen molar-refractivity contribution in [3.8, 4) is 0 Å². The van der Waals surface area contributed by atoms with E-state index >= 15 is 0 Å². The van der Waals surface area contributed by atoms with Gasteiger partial charge in [0.1, 0.15) is 5.82 Å². The molecule has 0 amide bonds. The minimum Gasteiger partial charge on any atom is -0.366 e. The molecule has 1 atom stereocenters. The van der Waals surface area contributed by atoms with E-state index in [-0.39, 0.29) is 5.82 Å². The normalized spacial score (nSPS) is 24.9. The first-order valence-corrected chi connectivity index (χ1v) is 7.49. The average molecular weight is 262 g/mol. The van der Waals surface area contributed by atoms with Crippen LogP contribution in [0.4, 0.5) is 10.1 Å². The second-order valence-corrected chi connectivity index (χ2v) is 5.94. The maximum absolute atomic E-state index is 14.1. The Hall–Kier alpha value is -1.09. The standard InChI is InChI=1S/C16H23FN2/c1-13-6-7-16(15(17)11-13)19-10-9-18-8-4-2-3-5-14(18)12-19/h6-7,11,14H,2-5,8-10,12H2,1H3. The predicted molar refractivity (Wildman–Crippen MR) is 77.2 cm³/mol. The molecule has 3 heteroatoms. The van der Waals surface area contributed by atoms with Crippen molar-refractivity contribution in [1.29, 1.82) is 0 Å². The zero-order chi connectivity index (χ0) is 13.2. The molecule has 1 aromatic carbocycles. The van der Waals surface area contributed by atoms with Gasteiger partial charge in [-0.15, -0.1) is 0 Å². The molecule has 2 saturated heterocycles. The van der Waals surface area contributed by atoms with Gasteiger partial charge in [-0.3, -0.25) is 4.90 Å². The topological polar surface area (TPSA) is 6.48 Å². The number of hydrogen-bond donors (Lipinski definition) is 0. The van der Waals surface area contributed by atoms with Crippen LogP contribution in [0.1, 0.15) is 31.2 Å².